The van der Waals surface area contributed by atoms with Gasteiger partial charge in [-0.05, 0) is 44.5 Å². The van der Waals surface area contributed by atoms with Gasteiger partial charge in [0.2, 0.25) is 11.9 Å². The molecule has 1 aliphatic rings. The van der Waals surface area contributed by atoms with Crippen LogP contribution in [0.15, 0.2) is 30.6 Å². The maximum absolute atomic E-state index is 12.2. The second kappa shape index (κ2) is 6.85. The van der Waals surface area contributed by atoms with Crippen LogP contribution in [0.5, 0.6) is 0 Å². The van der Waals surface area contributed by atoms with E-state index in [4.69, 9.17) is 0 Å². The maximum atomic E-state index is 12.2. The molecule has 1 aromatic carbocycles. The first kappa shape index (κ1) is 16.1. The number of hydrogen-bond donors (Lipinski definition) is 1. The van der Waals surface area contributed by atoms with Crippen molar-refractivity contribution in [2.75, 3.05) is 25.0 Å². The van der Waals surface area contributed by atoms with Crippen molar-refractivity contribution in [2.24, 2.45) is 0 Å². The molecule has 0 saturated carbocycles. The molecule has 4 rings (SSSR count). The summed E-state index contributed by atoms with van der Waals surface area (Å²) in [4.78, 5) is 28.5. The molecule has 0 unspecified atom stereocenters. The monoisotopic (exact) mass is 353 g/mol. The Bertz CT molecular complexity index is 917. The molecule has 0 aliphatic carbocycles. The molecule has 1 fully saturated rings. The lowest BCUT2D eigenvalue weighted by Crippen LogP contribution is -2.31. The second-order valence-electron chi connectivity index (χ2n) is 6.24. The van der Waals surface area contributed by atoms with Crippen LogP contribution < -0.4 is 5.32 Å². The van der Waals surface area contributed by atoms with Crippen LogP contribution in [0.25, 0.3) is 21.3 Å². The van der Waals surface area contributed by atoms with Gasteiger partial charge < -0.3 is 0 Å². The summed E-state index contributed by atoms with van der Waals surface area (Å²) in [7, 11) is 0. The van der Waals surface area contributed by atoms with E-state index in [2.05, 4.69) is 25.2 Å². The zero-order valence-electron chi connectivity index (χ0n) is 14.0. The largest absolute Gasteiger partial charge is 0.295 e. The molecule has 128 valence electrons. The average molecular weight is 353 g/mol. The molecular weight excluding hydrogens is 334 g/mol. The first-order chi connectivity index (χ1) is 12.2. The number of aromatic nitrogens is 3. The van der Waals surface area contributed by atoms with E-state index >= 15 is 0 Å². The summed E-state index contributed by atoms with van der Waals surface area (Å²) in [5.41, 5.74) is 1.89. The molecule has 1 amide bonds. The SMILES string of the molecule is Cc1ncc(-c2ccc3cnc(NC(=O)CN4CCCC4)nc3c2)s1. The Balaban J connectivity index is 1.54. The van der Waals surface area contributed by atoms with Crippen LogP contribution in [0.2, 0.25) is 0 Å². The Labute approximate surface area is 149 Å². The van der Waals surface area contributed by atoms with Gasteiger partial charge in [0.25, 0.3) is 0 Å². The fourth-order valence-electron chi connectivity index (χ4n) is 3.04. The summed E-state index contributed by atoms with van der Waals surface area (Å²) in [5, 5.41) is 4.79. The van der Waals surface area contributed by atoms with Gasteiger partial charge >= 0.3 is 0 Å². The van der Waals surface area contributed by atoms with Crippen molar-refractivity contribution in [2.45, 2.75) is 19.8 Å². The van der Waals surface area contributed by atoms with Crippen LogP contribution in [0.3, 0.4) is 0 Å². The number of carbonyl (C=O) groups is 1. The fourth-order valence-corrected chi connectivity index (χ4v) is 3.81. The predicted octanol–water partition coefficient (Wildman–Crippen LogP) is 3.10. The van der Waals surface area contributed by atoms with Crippen molar-refractivity contribution in [1.82, 2.24) is 19.9 Å². The number of anilines is 1. The highest BCUT2D eigenvalue weighted by atomic mass is 32.1. The molecule has 2 aromatic heterocycles. The highest BCUT2D eigenvalue weighted by Gasteiger charge is 2.16. The molecule has 1 aliphatic heterocycles. The molecule has 6 nitrogen and oxygen atoms in total. The third-order valence-electron chi connectivity index (χ3n) is 4.31. The Kier molecular flexibility index (Phi) is 4.42. The highest BCUT2D eigenvalue weighted by Crippen LogP contribution is 2.28. The van der Waals surface area contributed by atoms with E-state index in [1.165, 1.54) is 12.8 Å². The summed E-state index contributed by atoms with van der Waals surface area (Å²) in [6, 6.07) is 6.06. The van der Waals surface area contributed by atoms with Crippen molar-refractivity contribution in [3.8, 4) is 10.4 Å². The number of amides is 1. The van der Waals surface area contributed by atoms with Gasteiger partial charge in [0.15, 0.2) is 0 Å². The maximum Gasteiger partial charge on any atom is 0.240 e. The number of carbonyl (C=O) groups excluding carboxylic acids is 1. The summed E-state index contributed by atoms with van der Waals surface area (Å²) >= 11 is 1.65. The summed E-state index contributed by atoms with van der Waals surface area (Å²) in [5.74, 6) is 0.296. The van der Waals surface area contributed by atoms with E-state index in [1.54, 1.807) is 17.5 Å². The smallest absolute Gasteiger partial charge is 0.240 e. The van der Waals surface area contributed by atoms with Crippen molar-refractivity contribution in [3.05, 3.63) is 35.6 Å². The van der Waals surface area contributed by atoms with E-state index < -0.39 is 0 Å². The summed E-state index contributed by atoms with van der Waals surface area (Å²) in [6.07, 6.45) is 5.95. The standard InChI is InChI=1S/C18H19N5OS/c1-12-19-10-16(25-12)13-4-5-14-9-20-18(21-15(14)8-13)22-17(24)11-23-6-2-3-7-23/h4-5,8-10H,2-3,6-7,11H2,1H3,(H,20,21,22,24). The Hall–Kier alpha value is -2.38. The molecule has 0 radical (unpaired) electrons. The van der Waals surface area contributed by atoms with Crippen molar-refractivity contribution >= 4 is 34.1 Å². The summed E-state index contributed by atoms with van der Waals surface area (Å²) in [6.45, 7) is 4.38. The molecule has 7 heteroatoms. The van der Waals surface area contributed by atoms with E-state index in [0.717, 1.165) is 39.4 Å². The highest BCUT2D eigenvalue weighted by molar-refractivity contribution is 7.15. The molecule has 0 atom stereocenters. The zero-order chi connectivity index (χ0) is 17.2. The van der Waals surface area contributed by atoms with Crippen LogP contribution in [0.1, 0.15) is 17.8 Å². The number of likely N-dealkylation sites (tertiary alicyclic amines) is 1. The zero-order valence-corrected chi connectivity index (χ0v) is 14.8. The number of nitrogens with one attached hydrogen (secondary N) is 1. The van der Waals surface area contributed by atoms with Crippen LogP contribution in [0.4, 0.5) is 5.95 Å². The van der Waals surface area contributed by atoms with Gasteiger partial charge in [-0.15, -0.1) is 11.3 Å². The molecule has 25 heavy (non-hydrogen) atoms. The van der Waals surface area contributed by atoms with Crippen molar-refractivity contribution < 1.29 is 4.79 Å². The number of rotatable bonds is 4. The molecular formula is C18H19N5OS. The van der Waals surface area contributed by atoms with Gasteiger partial charge in [-0.1, -0.05) is 12.1 Å². The van der Waals surface area contributed by atoms with E-state index in [0.29, 0.717) is 12.5 Å². The minimum Gasteiger partial charge on any atom is -0.295 e. The first-order valence-corrected chi connectivity index (χ1v) is 9.21. The normalized spacial score (nSPS) is 14.9. The lowest BCUT2D eigenvalue weighted by molar-refractivity contribution is -0.117. The van der Waals surface area contributed by atoms with Gasteiger partial charge in [0.1, 0.15) is 0 Å². The quantitative estimate of drug-likeness (QED) is 0.780. The number of nitrogens with zero attached hydrogens (tertiary/aromatic N) is 4. The van der Waals surface area contributed by atoms with Crippen LogP contribution >= 0.6 is 11.3 Å². The lowest BCUT2D eigenvalue weighted by atomic mass is 10.1. The van der Waals surface area contributed by atoms with Crippen LogP contribution in [0, 0.1) is 6.92 Å². The van der Waals surface area contributed by atoms with Crippen LogP contribution in [-0.4, -0.2) is 45.4 Å². The van der Waals surface area contributed by atoms with E-state index in [1.807, 2.05) is 31.3 Å². The fraction of sp³-hybridized carbons (Fsp3) is 0.333. The number of benzene rings is 1. The molecule has 1 saturated heterocycles. The third kappa shape index (κ3) is 3.67. The number of hydrogen-bond acceptors (Lipinski definition) is 6. The third-order valence-corrected chi connectivity index (χ3v) is 5.27. The Morgan fingerprint density at radius 1 is 1.24 bits per heavy atom. The van der Waals surface area contributed by atoms with Crippen molar-refractivity contribution in [3.63, 3.8) is 0 Å². The van der Waals surface area contributed by atoms with Gasteiger partial charge in [-0.2, -0.15) is 0 Å². The molecule has 0 spiro atoms. The molecule has 3 aromatic rings. The molecule has 0 bridgehead atoms. The van der Waals surface area contributed by atoms with Gasteiger partial charge in [0, 0.05) is 17.8 Å². The molecule has 1 N–H and O–H groups in total. The predicted molar refractivity (Wildman–Crippen MR) is 99.7 cm³/mol. The lowest BCUT2D eigenvalue weighted by Gasteiger charge is -2.13. The average Bonchev–Trinajstić information content (AvgIpc) is 3.26. The number of fused-ring (bicyclic) bond motifs is 1. The minimum absolute atomic E-state index is 0.0597. The van der Waals surface area contributed by atoms with Gasteiger partial charge in [-0.3, -0.25) is 15.0 Å². The second-order valence-corrected chi connectivity index (χ2v) is 7.48. The van der Waals surface area contributed by atoms with Crippen molar-refractivity contribution in [1.29, 1.82) is 0 Å². The van der Waals surface area contributed by atoms with Gasteiger partial charge in [0.05, 0.1) is 21.9 Å². The van der Waals surface area contributed by atoms with E-state index in [-0.39, 0.29) is 5.91 Å². The number of thiazole rings is 1. The molecule has 3 heterocycles. The summed E-state index contributed by atoms with van der Waals surface area (Å²) < 4.78 is 0. The topological polar surface area (TPSA) is 71.0 Å². The van der Waals surface area contributed by atoms with Crippen LogP contribution in [-0.2, 0) is 4.79 Å². The Morgan fingerprint density at radius 2 is 2.08 bits per heavy atom. The first-order valence-electron chi connectivity index (χ1n) is 8.39. The van der Waals surface area contributed by atoms with Gasteiger partial charge in [-0.25, -0.2) is 15.0 Å². The minimum atomic E-state index is -0.0597. The number of aryl methyl sites for hydroxylation is 1. The Morgan fingerprint density at radius 3 is 2.84 bits per heavy atom. The van der Waals surface area contributed by atoms with E-state index in [9.17, 15) is 4.79 Å².